The minimum atomic E-state index is -0.801. The first-order chi connectivity index (χ1) is 15.6. The van der Waals surface area contributed by atoms with Gasteiger partial charge >= 0.3 is 0 Å². The summed E-state index contributed by atoms with van der Waals surface area (Å²) in [6.07, 6.45) is 3.72. The average molecular weight is 442 g/mol. The summed E-state index contributed by atoms with van der Waals surface area (Å²) in [6.45, 7) is 6.91. The minimum Gasteiger partial charge on any atom is -0.340 e. The fraction of sp³-hybridized carbons (Fsp3) is 0.500. The maximum atomic E-state index is 13.5. The van der Waals surface area contributed by atoms with Crippen molar-refractivity contribution in [3.05, 3.63) is 71.3 Å². The van der Waals surface area contributed by atoms with Crippen molar-refractivity contribution in [2.24, 2.45) is 5.92 Å². The predicted octanol–water partition coefficient (Wildman–Crippen LogP) is 4.30. The number of piperidine rings is 1. The molecule has 4 rings (SSSR count). The van der Waals surface area contributed by atoms with Gasteiger partial charge in [0.05, 0.1) is 0 Å². The quantitative estimate of drug-likeness (QED) is 0.641. The van der Waals surface area contributed by atoms with Crippen molar-refractivity contribution >= 4 is 5.91 Å². The van der Waals surface area contributed by atoms with Gasteiger partial charge in [-0.15, -0.1) is 0 Å². The van der Waals surface area contributed by atoms with Crippen LogP contribution in [0.15, 0.2) is 48.5 Å². The molecule has 0 spiro atoms. The Labute approximate surface area is 189 Å². The monoisotopic (exact) mass is 441 g/mol. The Morgan fingerprint density at radius 1 is 0.844 bits per heavy atom. The second-order valence-corrected chi connectivity index (χ2v) is 9.17. The summed E-state index contributed by atoms with van der Waals surface area (Å²) in [5, 5.41) is 0. The van der Waals surface area contributed by atoms with Crippen LogP contribution >= 0.6 is 0 Å². The molecule has 0 aliphatic carbocycles. The Morgan fingerprint density at radius 3 is 2.34 bits per heavy atom. The number of amides is 1. The molecule has 1 atom stereocenters. The molecule has 2 aliphatic heterocycles. The van der Waals surface area contributed by atoms with Crippen molar-refractivity contribution in [2.45, 2.75) is 38.8 Å². The first-order valence-corrected chi connectivity index (χ1v) is 11.8. The molecule has 0 saturated carbocycles. The molecule has 6 heteroatoms. The molecule has 0 radical (unpaired) electrons. The maximum absolute atomic E-state index is 13.5. The Balaban J connectivity index is 1.18. The molecule has 0 unspecified atom stereocenters. The summed E-state index contributed by atoms with van der Waals surface area (Å²) in [5.74, 6) is -0.838. The van der Waals surface area contributed by atoms with E-state index in [0.29, 0.717) is 18.9 Å². The van der Waals surface area contributed by atoms with Crippen LogP contribution in [-0.2, 0) is 17.9 Å². The Morgan fingerprint density at radius 2 is 1.59 bits per heavy atom. The van der Waals surface area contributed by atoms with Gasteiger partial charge in [0, 0.05) is 52.2 Å². The molecule has 2 fully saturated rings. The molecule has 0 aromatic heterocycles. The lowest BCUT2D eigenvalue weighted by Crippen LogP contribution is -2.48. The van der Waals surface area contributed by atoms with Crippen molar-refractivity contribution in [1.29, 1.82) is 0 Å². The second-order valence-electron chi connectivity index (χ2n) is 9.17. The fourth-order valence-corrected chi connectivity index (χ4v) is 4.91. The zero-order chi connectivity index (χ0) is 22.3. The van der Waals surface area contributed by atoms with Gasteiger partial charge < -0.3 is 4.90 Å². The highest BCUT2D eigenvalue weighted by molar-refractivity contribution is 5.76. The highest BCUT2D eigenvalue weighted by Gasteiger charge is 2.24. The zero-order valence-corrected chi connectivity index (χ0v) is 18.7. The van der Waals surface area contributed by atoms with Crippen LogP contribution in [-0.4, -0.2) is 59.9 Å². The Hall–Kier alpha value is -2.31. The highest BCUT2D eigenvalue weighted by Crippen LogP contribution is 2.23. The lowest BCUT2D eigenvalue weighted by Gasteiger charge is -2.36. The van der Waals surface area contributed by atoms with Crippen LogP contribution in [0.5, 0.6) is 0 Å². The largest absolute Gasteiger partial charge is 0.340 e. The summed E-state index contributed by atoms with van der Waals surface area (Å²) in [4.78, 5) is 19.5. The highest BCUT2D eigenvalue weighted by atomic mass is 19.2. The van der Waals surface area contributed by atoms with Gasteiger partial charge in [-0.3, -0.25) is 14.6 Å². The Bertz CT molecular complexity index is 884. The average Bonchev–Trinajstić information content (AvgIpc) is 2.81. The van der Waals surface area contributed by atoms with Crippen LogP contribution in [0.4, 0.5) is 8.78 Å². The van der Waals surface area contributed by atoms with Gasteiger partial charge in [-0.1, -0.05) is 36.4 Å². The molecule has 0 bridgehead atoms. The van der Waals surface area contributed by atoms with Gasteiger partial charge in [0.25, 0.3) is 0 Å². The maximum Gasteiger partial charge on any atom is 0.222 e. The SMILES string of the molecule is O=C(CC[C@H]1CCCN(Cc2ccc(F)c(F)c2)C1)N1CCN(Cc2ccccc2)CC1. The first-order valence-electron chi connectivity index (χ1n) is 11.8. The van der Waals surface area contributed by atoms with E-state index >= 15 is 0 Å². The van der Waals surface area contributed by atoms with Crippen molar-refractivity contribution < 1.29 is 13.6 Å². The number of benzene rings is 2. The molecule has 0 N–H and O–H groups in total. The number of rotatable bonds is 7. The van der Waals surface area contributed by atoms with E-state index in [9.17, 15) is 13.6 Å². The molecule has 2 heterocycles. The van der Waals surface area contributed by atoms with E-state index in [4.69, 9.17) is 0 Å². The van der Waals surface area contributed by atoms with Crippen LogP contribution in [0.1, 0.15) is 36.8 Å². The van der Waals surface area contributed by atoms with Crippen molar-refractivity contribution in [2.75, 3.05) is 39.3 Å². The minimum absolute atomic E-state index is 0.266. The number of hydrogen-bond donors (Lipinski definition) is 0. The van der Waals surface area contributed by atoms with Crippen LogP contribution in [0.3, 0.4) is 0 Å². The molecule has 172 valence electrons. The summed E-state index contributed by atoms with van der Waals surface area (Å²) >= 11 is 0. The lowest BCUT2D eigenvalue weighted by atomic mass is 9.92. The topological polar surface area (TPSA) is 26.8 Å². The first kappa shape index (κ1) is 22.9. The summed E-state index contributed by atoms with van der Waals surface area (Å²) in [5.41, 5.74) is 2.12. The third-order valence-electron chi connectivity index (χ3n) is 6.73. The predicted molar refractivity (Wildman–Crippen MR) is 122 cm³/mol. The van der Waals surface area contributed by atoms with E-state index in [0.717, 1.165) is 70.6 Å². The van der Waals surface area contributed by atoms with E-state index in [-0.39, 0.29) is 5.91 Å². The molecular formula is C26H33F2N3O. The number of carbonyl (C=O) groups is 1. The smallest absolute Gasteiger partial charge is 0.222 e. The van der Waals surface area contributed by atoms with Gasteiger partial charge in [0.15, 0.2) is 11.6 Å². The molecule has 32 heavy (non-hydrogen) atoms. The number of halogens is 2. The van der Waals surface area contributed by atoms with Crippen LogP contribution in [0.2, 0.25) is 0 Å². The lowest BCUT2D eigenvalue weighted by molar-refractivity contribution is -0.133. The molecule has 2 aromatic carbocycles. The van der Waals surface area contributed by atoms with E-state index in [1.165, 1.54) is 17.7 Å². The van der Waals surface area contributed by atoms with Crippen LogP contribution < -0.4 is 0 Å². The number of hydrogen-bond acceptors (Lipinski definition) is 3. The standard InChI is InChI=1S/C26H33F2N3O/c27-24-10-8-23(17-25(24)28)20-30-12-4-7-22(19-30)9-11-26(32)31-15-13-29(14-16-31)18-21-5-2-1-3-6-21/h1-3,5-6,8,10,17,22H,4,7,9,11-16,18-20H2/t22-/m1/s1. The van der Waals surface area contributed by atoms with Gasteiger partial charge in [0.1, 0.15) is 0 Å². The van der Waals surface area contributed by atoms with E-state index in [1.807, 2.05) is 11.0 Å². The number of piperazine rings is 1. The van der Waals surface area contributed by atoms with Gasteiger partial charge in [0.2, 0.25) is 5.91 Å². The molecule has 1 amide bonds. The third-order valence-corrected chi connectivity index (χ3v) is 6.73. The number of likely N-dealkylation sites (tertiary alicyclic amines) is 1. The van der Waals surface area contributed by atoms with Gasteiger partial charge in [-0.2, -0.15) is 0 Å². The molecule has 2 aromatic rings. The summed E-state index contributed by atoms with van der Waals surface area (Å²) in [7, 11) is 0. The summed E-state index contributed by atoms with van der Waals surface area (Å²) < 4.78 is 26.7. The van der Waals surface area contributed by atoms with Gasteiger partial charge in [-0.05, 0) is 55.0 Å². The third kappa shape index (κ3) is 6.36. The fourth-order valence-electron chi connectivity index (χ4n) is 4.91. The molecule has 2 saturated heterocycles. The van der Waals surface area contributed by atoms with Crippen molar-refractivity contribution in [1.82, 2.24) is 14.7 Å². The van der Waals surface area contributed by atoms with E-state index < -0.39 is 11.6 Å². The normalized spacial score (nSPS) is 20.4. The molecule has 4 nitrogen and oxygen atoms in total. The van der Waals surface area contributed by atoms with Crippen LogP contribution in [0, 0.1) is 17.6 Å². The second kappa shape index (κ2) is 11.0. The number of carbonyl (C=O) groups excluding carboxylic acids is 1. The Kier molecular flexibility index (Phi) is 7.87. The molecular weight excluding hydrogens is 408 g/mol. The zero-order valence-electron chi connectivity index (χ0n) is 18.7. The molecule has 2 aliphatic rings. The number of nitrogens with zero attached hydrogens (tertiary/aromatic N) is 3. The van der Waals surface area contributed by atoms with Crippen molar-refractivity contribution in [3.8, 4) is 0 Å². The van der Waals surface area contributed by atoms with Crippen LogP contribution in [0.25, 0.3) is 0 Å². The van der Waals surface area contributed by atoms with Crippen molar-refractivity contribution in [3.63, 3.8) is 0 Å². The summed E-state index contributed by atoms with van der Waals surface area (Å²) in [6, 6.07) is 14.6. The van der Waals surface area contributed by atoms with Gasteiger partial charge in [-0.25, -0.2) is 8.78 Å². The van der Waals surface area contributed by atoms with E-state index in [2.05, 4.69) is 34.1 Å². The van der Waals surface area contributed by atoms with E-state index in [1.54, 1.807) is 6.07 Å².